The number of hydrogen-bond acceptors (Lipinski definition) is 1. The Hall–Kier alpha value is -1.31. The molecule has 0 N–H and O–H groups in total. The zero-order valence-electron chi connectivity index (χ0n) is 10.8. The monoisotopic (exact) mass is 231 g/mol. The van der Waals surface area contributed by atoms with E-state index in [1.165, 1.54) is 5.56 Å². The van der Waals surface area contributed by atoms with Gasteiger partial charge in [0.25, 0.3) is 0 Å². The maximum absolute atomic E-state index is 11.4. The quantitative estimate of drug-likeness (QED) is 0.766. The summed E-state index contributed by atoms with van der Waals surface area (Å²) in [6.07, 6.45) is 3.34. The summed E-state index contributed by atoms with van der Waals surface area (Å²) in [7, 11) is 0. The lowest BCUT2D eigenvalue weighted by atomic mass is 9.71. The molecule has 1 heterocycles. The predicted molar refractivity (Wildman–Crippen MR) is 69.9 cm³/mol. The Kier molecular flexibility index (Phi) is 3.51. The highest BCUT2D eigenvalue weighted by atomic mass is 16.2. The largest absolute Gasteiger partial charge is 0.343 e. The third-order valence-electron chi connectivity index (χ3n) is 4.23. The van der Waals surface area contributed by atoms with Crippen LogP contribution in [0, 0.1) is 0 Å². The molecule has 1 aliphatic rings. The van der Waals surface area contributed by atoms with Crippen molar-refractivity contribution >= 4 is 5.91 Å². The maximum Gasteiger partial charge on any atom is 0.219 e. The molecule has 92 valence electrons. The predicted octanol–water partition coefficient (Wildman–Crippen LogP) is 2.98. The lowest BCUT2D eigenvalue weighted by Gasteiger charge is -2.41. The van der Waals surface area contributed by atoms with Crippen LogP contribution in [0.2, 0.25) is 0 Å². The van der Waals surface area contributed by atoms with Gasteiger partial charge < -0.3 is 4.90 Å². The molecule has 1 amide bonds. The average Bonchev–Trinajstić information content (AvgIpc) is 2.40. The van der Waals surface area contributed by atoms with Gasteiger partial charge in [0.05, 0.1) is 0 Å². The molecule has 0 unspecified atom stereocenters. The van der Waals surface area contributed by atoms with Crippen LogP contribution in [0.25, 0.3) is 0 Å². The molecule has 0 spiro atoms. The van der Waals surface area contributed by atoms with Crippen LogP contribution in [0.1, 0.15) is 38.7 Å². The van der Waals surface area contributed by atoms with Crippen LogP contribution in [0.3, 0.4) is 0 Å². The molecular weight excluding hydrogens is 210 g/mol. The molecule has 1 aromatic carbocycles. The van der Waals surface area contributed by atoms with Crippen LogP contribution >= 0.6 is 0 Å². The fraction of sp³-hybridized carbons (Fsp3) is 0.533. The Morgan fingerprint density at radius 1 is 1.24 bits per heavy atom. The van der Waals surface area contributed by atoms with Gasteiger partial charge in [-0.15, -0.1) is 0 Å². The number of carbonyl (C=O) groups excluding carboxylic acids is 1. The van der Waals surface area contributed by atoms with Crippen LogP contribution in [0.5, 0.6) is 0 Å². The Bertz CT molecular complexity index is 377. The van der Waals surface area contributed by atoms with Crippen molar-refractivity contribution < 1.29 is 4.79 Å². The van der Waals surface area contributed by atoms with E-state index in [0.717, 1.165) is 32.4 Å². The minimum absolute atomic E-state index is 0.211. The summed E-state index contributed by atoms with van der Waals surface area (Å²) >= 11 is 0. The van der Waals surface area contributed by atoms with Gasteiger partial charge in [0, 0.05) is 20.0 Å². The second-order valence-electron chi connectivity index (χ2n) is 5.01. The molecule has 1 aliphatic heterocycles. The van der Waals surface area contributed by atoms with Crippen molar-refractivity contribution in [2.24, 2.45) is 0 Å². The van der Waals surface area contributed by atoms with Crippen LogP contribution in [-0.4, -0.2) is 23.9 Å². The van der Waals surface area contributed by atoms with E-state index in [1.54, 1.807) is 6.92 Å². The first-order chi connectivity index (χ1) is 8.18. The zero-order valence-corrected chi connectivity index (χ0v) is 10.8. The molecule has 0 saturated carbocycles. The number of nitrogens with zero attached hydrogens (tertiary/aromatic N) is 1. The van der Waals surface area contributed by atoms with E-state index in [-0.39, 0.29) is 11.3 Å². The third-order valence-corrected chi connectivity index (χ3v) is 4.23. The van der Waals surface area contributed by atoms with Crippen molar-refractivity contribution in [2.45, 2.75) is 38.5 Å². The number of likely N-dealkylation sites (tertiary alicyclic amines) is 1. The minimum atomic E-state index is 0.211. The van der Waals surface area contributed by atoms with Crippen LogP contribution < -0.4 is 0 Å². The van der Waals surface area contributed by atoms with E-state index in [9.17, 15) is 4.79 Å². The molecule has 2 nitrogen and oxygen atoms in total. The topological polar surface area (TPSA) is 20.3 Å². The Morgan fingerprint density at radius 3 is 2.29 bits per heavy atom. The summed E-state index contributed by atoms with van der Waals surface area (Å²) < 4.78 is 0. The summed E-state index contributed by atoms with van der Waals surface area (Å²) in [6, 6.07) is 10.8. The van der Waals surface area contributed by atoms with E-state index in [4.69, 9.17) is 0 Å². The smallest absolute Gasteiger partial charge is 0.219 e. The molecule has 17 heavy (non-hydrogen) atoms. The third kappa shape index (κ3) is 2.36. The molecule has 1 aromatic rings. The summed E-state index contributed by atoms with van der Waals surface area (Å²) in [5.74, 6) is 0.211. The van der Waals surface area contributed by atoms with E-state index in [1.807, 2.05) is 4.90 Å². The van der Waals surface area contributed by atoms with Crippen LogP contribution in [-0.2, 0) is 10.2 Å². The Balaban J connectivity index is 2.16. The number of rotatable bonds is 2. The van der Waals surface area contributed by atoms with Crippen molar-refractivity contribution in [3.05, 3.63) is 35.9 Å². The van der Waals surface area contributed by atoms with Crippen molar-refractivity contribution in [1.29, 1.82) is 0 Å². The van der Waals surface area contributed by atoms with Crippen molar-refractivity contribution in [3.63, 3.8) is 0 Å². The second-order valence-corrected chi connectivity index (χ2v) is 5.01. The van der Waals surface area contributed by atoms with Gasteiger partial charge in [-0.1, -0.05) is 37.3 Å². The van der Waals surface area contributed by atoms with Crippen LogP contribution in [0.15, 0.2) is 30.3 Å². The summed E-state index contributed by atoms with van der Waals surface area (Å²) in [5, 5.41) is 0. The molecule has 0 atom stereocenters. The molecule has 2 rings (SSSR count). The second kappa shape index (κ2) is 4.91. The Labute approximate surface area is 104 Å². The van der Waals surface area contributed by atoms with Crippen molar-refractivity contribution in [3.8, 4) is 0 Å². The number of amides is 1. The van der Waals surface area contributed by atoms with E-state index in [0.29, 0.717) is 0 Å². The van der Waals surface area contributed by atoms with Gasteiger partial charge in [0.15, 0.2) is 0 Å². The number of piperidine rings is 1. The Morgan fingerprint density at radius 2 is 1.82 bits per heavy atom. The fourth-order valence-corrected chi connectivity index (χ4v) is 2.89. The molecule has 0 bridgehead atoms. The fourth-order valence-electron chi connectivity index (χ4n) is 2.89. The summed E-state index contributed by atoms with van der Waals surface area (Å²) in [4.78, 5) is 13.3. The standard InChI is InChI=1S/C15H21NO/c1-3-15(14-7-5-4-6-8-14)9-11-16(12-10-15)13(2)17/h4-8H,3,9-12H2,1-2H3. The molecule has 0 radical (unpaired) electrons. The SMILES string of the molecule is CCC1(c2ccccc2)CCN(C(C)=O)CC1. The first-order valence-electron chi connectivity index (χ1n) is 6.49. The van der Waals surface area contributed by atoms with E-state index >= 15 is 0 Å². The number of carbonyl (C=O) groups is 1. The number of hydrogen-bond donors (Lipinski definition) is 0. The highest BCUT2D eigenvalue weighted by Gasteiger charge is 2.34. The summed E-state index contributed by atoms with van der Waals surface area (Å²) in [6.45, 7) is 5.73. The minimum Gasteiger partial charge on any atom is -0.343 e. The first kappa shape index (κ1) is 12.2. The van der Waals surface area contributed by atoms with E-state index < -0.39 is 0 Å². The van der Waals surface area contributed by atoms with Gasteiger partial charge >= 0.3 is 0 Å². The average molecular weight is 231 g/mol. The normalized spacial score (nSPS) is 19.1. The molecule has 0 aromatic heterocycles. The van der Waals surface area contributed by atoms with Crippen molar-refractivity contribution in [2.75, 3.05) is 13.1 Å². The van der Waals surface area contributed by atoms with E-state index in [2.05, 4.69) is 37.3 Å². The molecule has 2 heteroatoms. The highest BCUT2D eigenvalue weighted by Crippen LogP contribution is 2.38. The number of benzene rings is 1. The van der Waals surface area contributed by atoms with Gasteiger partial charge in [-0.25, -0.2) is 0 Å². The lowest BCUT2D eigenvalue weighted by molar-refractivity contribution is -0.130. The molecule has 1 saturated heterocycles. The van der Waals surface area contributed by atoms with Gasteiger partial charge in [0.1, 0.15) is 0 Å². The lowest BCUT2D eigenvalue weighted by Crippen LogP contribution is -2.44. The molecule has 1 fully saturated rings. The first-order valence-corrected chi connectivity index (χ1v) is 6.49. The molecule has 0 aliphatic carbocycles. The van der Waals surface area contributed by atoms with Crippen LogP contribution in [0.4, 0.5) is 0 Å². The van der Waals surface area contributed by atoms with Gasteiger partial charge in [-0.2, -0.15) is 0 Å². The maximum atomic E-state index is 11.4. The summed E-state index contributed by atoms with van der Waals surface area (Å²) in [5.41, 5.74) is 1.72. The van der Waals surface area contributed by atoms with Gasteiger partial charge in [-0.05, 0) is 30.2 Å². The van der Waals surface area contributed by atoms with Gasteiger partial charge in [0.2, 0.25) is 5.91 Å². The van der Waals surface area contributed by atoms with Gasteiger partial charge in [-0.3, -0.25) is 4.79 Å². The zero-order chi connectivity index (χ0) is 12.3. The van der Waals surface area contributed by atoms with Crippen molar-refractivity contribution in [1.82, 2.24) is 4.90 Å². The highest BCUT2D eigenvalue weighted by molar-refractivity contribution is 5.73. The molecular formula is C15H21NO.